The Labute approximate surface area is 109 Å². The third-order valence-corrected chi connectivity index (χ3v) is 3.94. The van der Waals surface area contributed by atoms with Crippen LogP contribution in [0.25, 0.3) is 0 Å². The minimum absolute atomic E-state index is 0.0486. The van der Waals surface area contributed by atoms with Crippen molar-refractivity contribution in [3.63, 3.8) is 0 Å². The van der Waals surface area contributed by atoms with Gasteiger partial charge in [0.05, 0.1) is 12.1 Å². The summed E-state index contributed by atoms with van der Waals surface area (Å²) in [4.78, 5) is 14.2. The molecular weight excluding hydrogens is 230 g/mol. The Bertz CT molecular complexity index is 271. The van der Waals surface area contributed by atoms with Gasteiger partial charge in [0.25, 0.3) is 0 Å². The van der Waals surface area contributed by atoms with Gasteiger partial charge in [-0.05, 0) is 52.7 Å². The first-order valence-corrected chi connectivity index (χ1v) is 7.02. The monoisotopic (exact) mass is 255 g/mol. The van der Waals surface area contributed by atoms with Crippen LogP contribution in [0.5, 0.6) is 0 Å². The van der Waals surface area contributed by atoms with Crippen LogP contribution in [0.4, 0.5) is 4.79 Å². The van der Waals surface area contributed by atoms with E-state index < -0.39 is 0 Å². The molecule has 2 unspecified atom stereocenters. The van der Waals surface area contributed by atoms with Crippen LogP contribution in [0.1, 0.15) is 32.6 Å². The van der Waals surface area contributed by atoms with E-state index in [4.69, 9.17) is 4.74 Å². The molecule has 5 nitrogen and oxygen atoms in total. The van der Waals surface area contributed by atoms with Crippen LogP contribution >= 0.6 is 0 Å². The molecule has 5 heteroatoms. The van der Waals surface area contributed by atoms with E-state index in [9.17, 15) is 4.79 Å². The van der Waals surface area contributed by atoms with Crippen molar-refractivity contribution in [3.05, 3.63) is 0 Å². The summed E-state index contributed by atoms with van der Waals surface area (Å²) in [6.45, 7) is 4.97. The zero-order valence-electron chi connectivity index (χ0n) is 11.4. The van der Waals surface area contributed by atoms with Crippen LogP contribution in [-0.2, 0) is 4.74 Å². The molecule has 0 aliphatic carbocycles. The number of rotatable bonds is 3. The van der Waals surface area contributed by atoms with Gasteiger partial charge in [-0.15, -0.1) is 0 Å². The number of nitrogens with zero attached hydrogens (tertiary/aromatic N) is 1. The molecule has 2 fully saturated rings. The molecule has 0 saturated carbocycles. The van der Waals surface area contributed by atoms with Crippen molar-refractivity contribution in [2.24, 2.45) is 0 Å². The lowest BCUT2D eigenvalue weighted by Gasteiger charge is -2.30. The topological polar surface area (TPSA) is 53.6 Å². The van der Waals surface area contributed by atoms with Crippen LogP contribution in [0, 0.1) is 0 Å². The fraction of sp³-hybridized carbons (Fsp3) is 0.923. The fourth-order valence-electron chi connectivity index (χ4n) is 2.68. The zero-order valence-corrected chi connectivity index (χ0v) is 11.4. The first-order chi connectivity index (χ1) is 8.65. The molecule has 18 heavy (non-hydrogen) atoms. The highest BCUT2D eigenvalue weighted by Gasteiger charge is 2.25. The molecule has 0 aromatic heterocycles. The molecule has 0 aromatic carbocycles. The van der Waals surface area contributed by atoms with Crippen LogP contribution < -0.4 is 10.6 Å². The second-order valence-corrected chi connectivity index (χ2v) is 5.54. The molecule has 2 aliphatic rings. The van der Waals surface area contributed by atoms with Crippen LogP contribution in [0.15, 0.2) is 0 Å². The van der Waals surface area contributed by atoms with E-state index in [0.717, 1.165) is 45.4 Å². The number of carbonyl (C=O) groups excluding carboxylic acids is 1. The summed E-state index contributed by atoms with van der Waals surface area (Å²) in [6, 6.07) is 0.365. The van der Waals surface area contributed by atoms with E-state index in [1.54, 1.807) is 0 Å². The predicted molar refractivity (Wildman–Crippen MR) is 70.6 cm³/mol. The third-order valence-electron chi connectivity index (χ3n) is 3.94. The largest absolute Gasteiger partial charge is 0.376 e. The summed E-state index contributed by atoms with van der Waals surface area (Å²) < 4.78 is 5.57. The molecular formula is C13H25N3O2. The zero-order chi connectivity index (χ0) is 13.0. The van der Waals surface area contributed by atoms with Gasteiger partial charge in [0.2, 0.25) is 0 Å². The molecule has 2 saturated heterocycles. The van der Waals surface area contributed by atoms with Gasteiger partial charge in [-0.3, -0.25) is 0 Å². The molecule has 2 aliphatic heterocycles. The van der Waals surface area contributed by atoms with E-state index in [-0.39, 0.29) is 18.2 Å². The fourth-order valence-corrected chi connectivity index (χ4v) is 2.68. The molecule has 2 heterocycles. The molecule has 0 spiro atoms. The maximum Gasteiger partial charge on any atom is 0.315 e. The lowest BCUT2D eigenvalue weighted by atomic mass is 10.1. The van der Waals surface area contributed by atoms with Crippen LogP contribution in [-0.4, -0.2) is 55.9 Å². The number of urea groups is 1. The van der Waals surface area contributed by atoms with Crippen LogP contribution in [0.2, 0.25) is 0 Å². The highest BCUT2D eigenvalue weighted by molar-refractivity contribution is 5.74. The maximum atomic E-state index is 11.9. The average molecular weight is 255 g/mol. The first-order valence-electron chi connectivity index (χ1n) is 7.02. The van der Waals surface area contributed by atoms with Gasteiger partial charge in [0, 0.05) is 12.6 Å². The third kappa shape index (κ3) is 3.85. The van der Waals surface area contributed by atoms with Crippen molar-refractivity contribution in [2.75, 3.05) is 26.7 Å². The number of hydrogen-bond acceptors (Lipinski definition) is 3. The lowest BCUT2D eigenvalue weighted by Crippen LogP contribution is -2.51. The van der Waals surface area contributed by atoms with Crippen molar-refractivity contribution in [1.29, 1.82) is 0 Å². The summed E-state index contributed by atoms with van der Waals surface area (Å²) in [5.41, 5.74) is 0. The Morgan fingerprint density at radius 1 is 1.33 bits per heavy atom. The second kappa shape index (κ2) is 6.38. The number of ether oxygens (including phenoxy) is 1. The molecule has 0 bridgehead atoms. The minimum atomic E-state index is -0.0486. The van der Waals surface area contributed by atoms with E-state index in [0.29, 0.717) is 6.04 Å². The number of hydrogen-bond donors (Lipinski definition) is 2. The van der Waals surface area contributed by atoms with Gasteiger partial charge in [-0.25, -0.2) is 4.79 Å². The smallest absolute Gasteiger partial charge is 0.315 e. The number of carbonyl (C=O) groups is 1. The molecule has 0 aromatic rings. The summed E-state index contributed by atoms with van der Waals surface area (Å²) in [5.74, 6) is 0. The summed E-state index contributed by atoms with van der Waals surface area (Å²) in [6.07, 6.45) is 4.42. The summed E-state index contributed by atoms with van der Waals surface area (Å²) in [5, 5.41) is 6.05. The van der Waals surface area contributed by atoms with E-state index in [1.165, 1.54) is 0 Å². The average Bonchev–Trinajstić information content (AvgIpc) is 2.85. The van der Waals surface area contributed by atoms with Gasteiger partial charge in [0.15, 0.2) is 0 Å². The number of amides is 2. The molecule has 2 amide bonds. The highest BCUT2D eigenvalue weighted by Crippen LogP contribution is 2.15. The SMILES string of the molecule is CC(NC(=O)NC1CCN(C)CC1)C1CCCO1. The van der Waals surface area contributed by atoms with E-state index in [2.05, 4.69) is 22.6 Å². The van der Waals surface area contributed by atoms with Crippen molar-refractivity contribution < 1.29 is 9.53 Å². The molecule has 2 atom stereocenters. The molecule has 2 N–H and O–H groups in total. The summed E-state index contributed by atoms with van der Waals surface area (Å²) in [7, 11) is 2.12. The number of likely N-dealkylation sites (tertiary alicyclic amines) is 1. The van der Waals surface area contributed by atoms with Crippen molar-refractivity contribution >= 4 is 6.03 Å². The Morgan fingerprint density at radius 2 is 2.06 bits per heavy atom. The predicted octanol–water partition coefficient (Wildman–Crippen LogP) is 0.947. The normalized spacial score (nSPS) is 28.0. The second-order valence-electron chi connectivity index (χ2n) is 5.54. The van der Waals surface area contributed by atoms with Gasteiger partial charge in [-0.2, -0.15) is 0 Å². The van der Waals surface area contributed by atoms with Gasteiger partial charge in [0.1, 0.15) is 0 Å². The van der Waals surface area contributed by atoms with Crippen molar-refractivity contribution in [3.8, 4) is 0 Å². The van der Waals surface area contributed by atoms with Gasteiger partial charge in [-0.1, -0.05) is 0 Å². The lowest BCUT2D eigenvalue weighted by molar-refractivity contribution is 0.0856. The Kier molecular flexibility index (Phi) is 4.83. The van der Waals surface area contributed by atoms with E-state index in [1.807, 2.05) is 6.92 Å². The highest BCUT2D eigenvalue weighted by atomic mass is 16.5. The standard InChI is InChI=1S/C13H25N3O2/c1-10(12-4-3-9-18-12)14-13(17)15-11-5-7-16(2)8-6-11/h10-12H,3-9H2,1-2H3,(H2,14,15,17). The molecule has 0 radical (unpaired) electrons. The van der Waals surface area contributed by atoms with Crippen molar-refractivity contribution in [2.45, 2.75) is 50.8 Å². The minimum Gasteiger partial charge on any atom is -0.376 e. The Morgan fingerprint density at radius 3 is 2.67 bits per heavy atom. The Balaban J connectivity index is 1.68. The molecule has 2 rings (SSSR count). The summed E-state index contributed by atoms with van der Waals surface area (Å²) >= 11 is 0. The van der Waals surface area contributed by atoms with Gasteiger partial charge < -0.3 is 20.3 Å². The van der Waals surface area contributed by atoms with E-state index >= 15 is 0 Å². The first kappa shape index (κ1) is 13.6. The van der Waals surface area contributed by atoms with Crippen molar-refractivity contribution in [1.82, 2.24) is 15.5 Å². The van der Waals surface area contributed by atoms with Gasteiger partial charge >= 0.3 is 6.03 Å². The maximum absolute atomic E-state index is 11.9. The van der Waals surface area contributed by atoms with Crippen LogP contribution in [0.3, 0.4) is 0 Å². The number of piperidine rings is 1. The molecule has 104 valence electrons. The number of nitrogens with one attached hydrogen (secondary N) is 2. The Hall–Kier alpha value is -0.810. The quantitative estimate of drug-likeness (QED) is 0.789.